The summed E-state index contributed by atoms with van der Waals surface area (Å²) >= 11 is 6.01. The third kappa shape index (κ3) is 3.78. The number of aliphatic hydroxyl groups excluding tert-OH is 1. The van der Waals surface area contributed by atoms with Gasteiger partial charge < -0.3 is 10.0 Å². The molecule has 1 saturated heterocycles. The summed E-state index contributed by atoms with van der Waals surface area (Å²) < 4.78 is 0. The van der Waals surface area contributed by atoms with Gasteiger partial charge in [-0.05, 0) is 30.0 Å². The van der Waals surface area contributed by atoms with Gasteiger partial charge in [0.05, 0.1) is 0 Å². The SMILES string of the molecule is C[C@@H]1CN(C(=O)C(C)(C)Cc2cccc(Cl)c2)C[C@H]1CO. The van der Waals surface area contributed by atoms with E-state index in [-0.39, 0.29) is 18.4 Å². The summed E-state index contributed by atoms with van der Waals surface area (Å²) in [5, 5.41) is 10.1. The molecule has 1 aromatic carbocycles. The molecule has 0 aliphatic carbocycles. The molecule has 4 heteroatoms. The topological polar surface area (TPSA) is 40.5 Å². The zero-order chi connectivity index (χ0) is 15.6. The Kier molecular flexibility index (Phi) is 4.95. The molecule has 2 rings (SSSR count). The molecule has 0 spiro atoms. The minimum atomic E-state index is -0.464. The number of amides is 1. The first kappa shape index (κ1) is 16.3. The summed E-state index contributed by atoms with van der Waals surface area (Å²) in [6, 6.07) is 7.68. The Hall–Kier alpha value is -1.06. The highest BCUT2D eigenvalue weighted by Gasteiger charge is 2.38. The summed E-state index contributed by atoms with van der Waals surface area (Å²) in [6.07, 6.45) is 0.668. The van der Waals surface area contributed by atoms with Crippen molar-refractivity contribution < 1.29 is 9.90 Å². The van der Waals surface area contributed by atoms with Crippen molar-refractivity contribution in [3.63, 3.8) is 0 Å². The third-order valence-electron chi connectivity index (χ3n) is 4.40. The molecule has 0 bridgehead atoms. The van der Waals surface area contributed by atoms with Crippen molar-refractivity contribution in [2.24, 2.45) is 17.3 Å². The number of aliphatic hydroxyl groups is 1. The van der Waals surface area contributed by atoms with E-state index >= 15 is 0 Å². The number of halogens is 1. The van der Waals surface area contributed by atoms with E-state index in [9.17, 15) is 9.90 Å². The Balaban J connectivity index is 2.07. The maximum atomic E-state index is 12.8. The molecule has 1 aromatic rings. The number of rotatable bonds is 4. The molecule has 21 heavy (non-hydrogen) atoms. The first-order chi connectivity index (χ1) is 9.83. The Morgan fingerprint density at radius 2 is 2.14 bits per heavy atom. The number of nitrogens with zero attached hydrogens (tertiary/aromatic N) is 1. The van der Waals surface area contributed by atoms with Crippen molar-refractivity contribution in [3.05, 3.63) is 34.9 Å². The average molecular weight is 310 g/mol. The fraction of sp³-hybridized carbons (Fsp3) is 0.588. The van der Waals surface area contributed by atoms with Crippen molar-refractivity contribution >= 4 is 17.5 Å². The van der Waals surface area contributed by atoms with Gasteiger partial charge in [-0.2, -0.15) is 0 Å². The lowest BCUT2D eigenvalue weighted by atomic mass is 9.84. The van der Waals surface area contributed by atoms with Crippen LogP contribution in [-0.4, -0.2) is 35.6 Å². The number of carbonyl (C=O) groups excluding carboxylic acids is 1. The van der Waals surface area contributed by atoms with Gasteiger partial charge in [0.2, 0.25) is 5.91 Å². The average Bonchev–Trinajstić information content (AvgIpc) is 2.78. The standard InChI is InChI=1S/C17H24ClNO2/c1-12-9-19(10-14(12)11-20)16(21)17(2,3)8-13-5-4-6-15(18)7-13/h4-7,12,14,20H,8-11H2,1-3H3/t12-,14+/m1/s1. The summed E-state index contributed by atoms with van der Waals surface area (Å²) in [5.41, 5.74) is 0.612. The van der Waals surface area contributed by atoms with Crippen LogP contribution in [0.5, 0.6) is 0 Å². The van der Waals surface area contributed by atoms with Crippen LogP contribution in [0.4, 0.5) is 0 Å². The number of likely N-dealkylation sites (tertiary alicyclic amines) is 1. The largest absolute Gasteiger partial charge is 0.396 e. The van der Waals surface area contributed by atoms with Crippen LogP contribution >= 0.6 is 11.6 Å². The molecule has 1 aliphatic heterocycles. The molecule has 1 heterocycles. The van der Waals surface area contributed by atoms with Crippen molar-refractivity contribution in [1.82, 2.24) is 4.90 Å². The van der Waals surface area contributed by atoms with E-state index in [0.29, 0.717) is 23.9 Å². The van der Waals surface area contributed by atoms with Crippen molar-refractivity contribution in [1.29, 1.82) is 0 Å². The predicted octanol–water partition coefficient (Wildman–Crippen LogP) is 3.00. The molecule has 1 fully saturated rings. The van der Waals surface area contributed by atoms with Gasteiger partial charge in [0, 0.05) is 36.1 Å². The zero-order valence-electron chi connectivity index (χ0n) is 13.0. The Morgan fingerprint density at radius 3 is 2.71 bits per heavy atom. The molecule has 0 radical (unpaired) electrons. The number of hydrogen-bond donors (Lipinski definition) is 1. The van der Waals surface area contributed by atoms with Gasteiger partial charge in [-0.25, -0.2) is 0 Å². The highest BCUT2D eigenvalue weighted by atomic mass is 35.5. The van der Waals surface area contributed by atoms with Gasteiger partial charge in [0.15, 0.2) is 0 Å². The van der Waals surface area contributed by atoms with Crippen LogP contribution in [0.15, 0.2) is 24.3 Å². The number of hydrogen-bond acceptors (Lipinski definition) is 2. The van der Waals surface area contributed by atoms with Crippen molar-refractivity contribution in [2.75, 3.05) is 19.7 Å². The fourth-order valence-electron chi connectivity index (χ4n) is 3.10. The van der Waals surface area contributed by atoms with E-state index in [2.05, 4.69) is 6.92 Å². The normalized spacial score (nSPS) is 22.6. The monoisotopic (exact) mass is 309 g/mol. The van der Waals surface area contributed by atoms with Crippen LogP contribution in [0.25, 0.3) is 0 Å². The van der Waals surface area contributed by atoms with E-state index in [1.54, 1.807) is 0 Å². The van der Waals surface area contributed by atoms with Crippen LogP contribution in [0, 0.1) is 17.3 Å². The molecule has 1 N–H and O–H groups in total. The summed E-state index contributed by atoms with van der Waals surface area (Å²) in [4.78, 5) is 14.7. The van der Waals surface area contributed by atoms with E-state index in [4.69, 9.17) is 11.6 Å². The molecule has 0 aromatic heterocycles. The van der Waals surface area contributed by atoms with Crippen LogP contribution in [-0.2, 0) is 11.2 Å². The van der Waals surface area contributed by atoms with Crippen LogP contribution in [0.2, 0.25) is 5.02 Å². The minimum Gasteiger partial charge on any atom is -0.396 e. The fourth-order valence-corrected chi connectivity index (χ4v) is 3.31. The Bertz CT molecular complexity index is 515. The molecule has 0 saturated carbocycles. The second-order valence-corrected chi connectivity index (χ2v) is 7.26. The van der Waals surface area contributed by atoms with Gasteiger partial charge in [0.1, 0.15) is 0 Å². The van der Waals surface area contributed by atoms with E-state index < -0.39 is 5.41 Å². The lowest BCUT2D eigenvalue weighted by molar-refractivity contribution is -0.139. The van der Waals surface area contributed by atoms with E-state index in [1.807, 2.05) is 43.0 Å². The lowest BCUT2D eigenvalue weighted by Crippen LogP contribution is -2.41. The molecular weight excluding hydrogens is 286 g/mol. The van der Waals surface area contributed by atoms with Gasteiger partial charge in [-0.15, -0.1) is 0 Å². The molecule has 0 unspecified atom stereocenters. The molecular formula is C17H24ClNO2. The van der Waals surface area contributed by atoms with E-state index in [0.717, 1.165) is 12.1 Å². The maximum Gasteiger partial charge on any atom is 0.228 e. The maximum absolute atomic E-state index is 12.8. The molecule has 2 atom stereocenters. The summed E-state index contributed by atoms with van der Waals surface area (Å²) in [6.45, 7) is 7.61. The van der Waals surface area contributed by atoms with Gasteiger partial charge >= 0.3 is 0 Å². The van der Waals surface area contributed by atoms with Crippen LogP contribution < -0.4 is 0 Å². The molecule has 3 nitrogen and oxygen atoms in total. The number of carbonyl (C=O) groups is 1. The Labute approximate surface area is 131 Å². The molecule has 116 valence electrons. The van der Waals surface area contributed by atoms with Gasteiger partial charge in [-0.3, -0.25) is 4.79 Å². The Morgan fingerprint density at radius 1 is 1.43 bits per heavy atom. The second-order valence-electron chi connectivity index (χ2n) is 6.82. The predicted molar refractivity (Wildman–Crippen MR) is 85.3 cm³/mol. The first-order valence-corrected chi connectivity index (χ1v) is 7.86. The van der Waals surface area contributed by atoms with Crippen molar-refractivity contribution in [3.8, 4) is 0 Å². The third-order valence-corrected chi connectivity index (χ3v) is 4.64. The van der Waals surface area contributed by atoms with Gasteiger partial charge in [0.25, 0.3) is 0 Å². The molecule has 1 aliphatic rings. The second kappa shape index (κ2) is 6.37. The van der Waals surface area contributed by atoms with Crippen LogP contribution in [0.1, 0.15) is 26.3 Å². The van der Waals surface area contributed by atoms with Crippen LogP contribution in [0.3, 0.4) is 0 Å². The highest BCUT2D eigenvalue weighted by molar-refractivity contribution is 6.30. The smallest absolute Gasteiger partial charge is 0.228 e. The van der Waals surface area contributed by atoms with E-state index in [1.165, 1.54) is 0 Å². The van der Waals surface area contributed by atoms with Crippen molar-refractivity contribution in [2.45, 2.75) is 27.2 Å². The minimum absolute atomic E-state index is 0.152. The lowest BCUT2D eigenvalue weighted by Gasteiger charge is -2.29. The highest BCUT2D eigenvalue weighted by Crippen LogP contribution is 2.30. The summed E-state index contributed by atoms with van der Waals surface area (Å²) in [7, 11) is 0. The number of benzene rings is 1. The first-order valence-electron chi connectivity index (χ1n) is 7.48. The molecule has 1 amide bonds. The quantitative estimate of drug-likeness (QED) is 0.929. The van der Waals surface area contributed by atoms with Gasteiger partial charge in [-0.1, -0.05) is 44.5 Å². The summed E-state index contributed by atoms with van der Waals surface area (Å²) in [5.74, 6) is 0.724. The zero-order valence-corrected chi connectivity index (χ0v) is 13.7.